The molecule has 3 N–H and O–H groups in total. The smallest absolute Gasteiger partial charge is 0.280 e. The van der Waals surface area contributed by atoms with Crippen LogP contribution in [0.3, 0.4) is 0 Å². The van der Waals surface area contributed by atoms with E-state index in [0.29, 0.717) is 26.2 Å². The Morgan fingerprint density at radius 3 is 2.33 bits per heavy atom. The standard InChI is InChI=1S/C11H23N3O3S/c15-10-11(4-2-1-3-5-11)13-18(16,17)14-8-6-12-7-9-14/h12-13,15H,1-10H2. The molecule has 0 unspecified atom stereocenters. The molecule has 1 heterocycles. The molecule has 0 spiro atoms. The Morgan fingerprint density at radius 1 is 1.17 bits per heavy atom. The van der Waals surface area contributed by atoms with Crippen LogP contribution in [0.15, 0.2) is 0 Å². The minimum atomic E-state index is -3.47. The number of aliphatic hydroxyl groups excluding tert-OH is 1. The predicted octanol–water partition coefficient (Wildman–Crippen LogP) is -0.579. The highest BCUT2D eigenvalue weighted by Gasteiger charge is 2.37. The molecule has 6 nitrogen and oxygen atoms in total. The summed E-state index contributed by atoms with van der Waals surface area (Å²) in [6, 6.07) is 0. The topological polar surface area (TPSA) is 81.7 Å². The number of piperazine rings is 1. The van der Waals surface area contributed by atoms with Crippen molar-refractivity contribution >= 4 is 10.2 Å². The molecule has 1 aliphatic carbocycles. The van der Waals surface area contributed by atoms with Crippen LogP contribution < -0.4 is 10.0 Å². The maximum absolute atomic E-state index is 12.3. The van der Waals surface area contributed by atoms with Crippen LogP contribution in [-0.4, -0.2) is 56.2 Å². The van der Waals surface area contributed by atoms with Crippen molar-refractivity contribution in [2.24, 2.45) is 0 Å². The Balaban J connectivity index is 2.05. The Hall–Kier alpha value is -0.210. The van der Waals surface area contributed by atoms with Crippen LogP contribution in [0.2, 0.25) is 0 Å². The van der Waals surface area contributed by atoms with Crippen molar-refractivity contribution in [3.05, 3.63) is 0 Å². The van der Waals surface area contributed by atoms with Crippen LogP contribution in [0.4, 0.5) is 0 Å². The third-order valence-electron chi connectivity index (χ3n) is 3.87. The summed E-state index contributed by atoms with van der Waals surface area (Å²) in [5, 5.41) is 12.7. The van der Waals surface area contributed by atoms with Gasteiger partial charge in [-0.1, -0.05) is 19.3 Å². The molecule has 0 radical (unpaired) electrons. The summed E-state index contributed by atoms with van der Waals surface area (Å²) < 4.78 is 28.8. The molecule has 0 amide bonds. The SMILES string of the molecule is O=S(=O)(NC1(CO)CCCCC1)N1CCNCC1. The van der Waals surface area contributed by atoms with Gasteiger partial charge in [0.2, 0.25) is 0 Å². The molecule has 18 heavy (non-hydrogen) atoms. The molecule has 0 bridgehead atoms. The summed E-state index contributed by atoms with van der Waals surface area (Å²) >= 11 is 0. The third-order valence-corrected chi connectivity index (χ3v) is 5.61. The molecule has 0 aromatic heterocycles. The molecule has 106 valence electrons. The number of aliphatic hydroxyl groups is 1. The molecular weight excluding hydrogens is 254 g/mol. The lowest BCUT2D eigenvalue weighted by molar-refractivity contribution is 0.139. The Kier molecular flexibility index (Phi) is 4.60. The first-order chi connectivity index (χ1) is 8.58. The molecule has 2 rings (SSSR count). The minimum absolute atomic E-state index is 0.113. The summed E-state index contributed by atoms with van der Waals surface area (Å²) in [5.74, 6) is 0. The lowest BCUT2D eigenvalue weighted by Crippen LogP contribution is -2.59. The number of nitrogens with zero attached hydrogens (tertiary/aromatic N) is 1. The average molecular weight is 277 g/mol. The van der Waals surface area contributed by atoms with Gasteiger partial charge in [0.25, 0.3) is 10.2 Å². The molecule has 7 heteroatoms. The maximum Gasteiger partial charge on any atom is 0.280 e. The molecule has 1 saturated carbocycles. The highest BCUT2D eigenvalue weighted by atomic mass is 32.2. The lowest BCUT2D eigenvalue weighted by atomic mass is 9.83. The van der Waals surface area contributed by atoms with Crippen LogP contribution in [0.5, 0.6) is 0 Å². The van der Waals surface area contributed by atoms with E-state index in [4.69, 9.17) is 0 Å². The summed E-state index contributed by atoms with van der Waals surface area (Å²) in [5.41, 5.74) is -0.637. The summed E-state index contributed by atoms with van der Waals surface area (Å²) in [7, 11) is -3.47. The summed E-state index contributed by atoms with van der Waals surface area (Å²) in [6.07, 6.45) is 4.54. The van der Waals surface area contributed by atoms with Crippen LogP contribution in [0.25, 0.3) is 0 Å². The normalized spacial score (nSPS) is 26.1. The van der Waals surface area contributed by atoms with Crippen molar-refractivity contribution in [3.8, 4) is 0 Å². The molecule has 0 aromatic rings. The maximum atomic E-state index is 12.3. The lowest BCUT2D eigenvalue weighted by Gasteiger charge is -2.38. The Bertz CT molecular complexity index is 360. The van der Waals surface area contributed by atoms with Crippen molar-refractivity contribution in [1.82, 2.24) is 14.3 Å². The highest BCUT2D eigenvalue weighted by Crippen LogP contribution is 2.28. The van der Waals surface area contributed by atoms with E-state index >= 15 is 0 Å². The first-order valence-electron chi connectivity index (χ1n) is 6.69. The van der Waals surface area contributed by atoms with Crippen molar-refractivity contribution in [1.29, 1.82) is 0 Å². The van der Waals surface area contributed by atoms with Crippen LogP contribution in [-0.2, 0) is 10.2 Å². The number of rotatable bonds is 4. The van der Waals surface area contributed by atoms with Gasteiger partial charge in [-0.2, -0.15) is 17.4 Å². The van der Waals surface area contributed by atoms with Crippen LogP contribution in [0.1, 0.15) is 32.1 Å². The minimum Gasteiger partial charge on any atom is -0.394 e. The number of hydrogen-bond donors (Lipinski definition) is 3. The van der Waals surface area contributed by atoms with Crippen LogP contribution in [0, 0.1) is 0 Å². The van der Waals surface area contributed by atoms with Crippen molar-refractivity contribution < 1.29 is 13.5 Å². The van der Waals surface area contributed by atoms with Crippen molar-refractivity contribution in [3.63, 3.8) is 0 Å². The fourth-order valence-electron chi connectivity index (χ4n) is 2.74. The van der Waals surface area contributed by atoms with Gasteiger partial charge < -0.3 is 10.4 Å². The van der Waals surface area contributed by atoms with E-state index in [9.17, 15) is 13.5 Å². The fourth-order valence-corrected chi connectivity index (χ4v) is 4.35. The largest absolute Gasteiger partial charge is 0.394 e. The average Bonchev–Trinajstić information content (AvgIpc) is 2.40. The fraction of sp³-hybridized carbons (Fsp3) is 1.00. The van der Waals surface area contributed by atoms with Crippen molar-refractivity contribution in [2.45, 2.75) is 37.6 Å². The molecule has 0 atom stereocenters. The van der Waals surface area contributed by atoms with Gasteiger partial charge in [-0.15, -0.1) is 0 Å². The second kappa shape index (κ2) is 5.83. The monoisotopic (exact) mass is 277 g/mol. The zero-order chi connectivity index (χ0) is 13.1. The van der Waals surface area contributed by atoms with Crippen LogP contribution >= 0.6 is 0 Å². The first-order valence-corrected chi connectivity index (χ1v) is 8.13. The van der Waals surface area contributed by atoms with E-state index in [1.807, 2.05) is 0 Å². The van der Waals surface area contributed by atoms with Gasteiger partial charge in [-0.3, -0.25) is 0 Å². The predicted molar refractivity (Wildman–Crippen MR) is 69.4 cm³/mol. The second-order valence-electron chi connectivity index (χ2n) is 5.26. The summed E-state index contributed by atoms with van der Waals surface area (Å²) in [6.45, 7) is 2.26. The third kappa shape index (κ3) is 3.21. The van der Waals surface area contributed by atoms with E-state index < -0.39 is 15.7 Å². The van der Waals surface area contributed by atoms with Gasteiger partial charge in [0, 0.05) is 26.2 Å². The molecule has 2 fully saturated rings. The van der Waals surface area contributed by atoms with Gasteiger partial charge in [0.05, 0.1) is 12.1 Å². The molecule has 1 aliphatic heterocycles. The number of hydrogen-bond acceptors (Lipinski definition) is 4. The quantitative estimate of drug-likeness (QED) is 0.642. The van der Waals surface area contributed by atoms with Gasteiger partial charge in [0.15, 0.2) is 0 Å². The molecule has 1 saturated heterocycles. The van der Waals surface area contributed by atoms with E-state index in [0.717, 1.165) is 32.1 Å². The highest BCUT2D eigenvalue weighted by molar-refractivity contribution is 7.87. The zero-order valence-corrected chi connectivity index (χ0v) is 11.5. The van der Waals surface area contributed by atoms with E-state index in [1.54, 1.807) is 0 Å². The van der Waals surface area contributed by atoms with Gasteiger partial charge >= 0.3 is 0 Å². The summed E-state index contributed by atoms with van der Waals surface area (Å²) in [4.78, 5) is 0. The molecule has 2 aliphatic rings. The molecular formula is C11H23N3O3S. The second-order valence-corrected chi connectivity index (χ2v) is 6.93. The number of nitrogens with one attached hydrogen (secondary N) is 2. The molecule has 0 aromatic carbocycles. The van der Waals surface area contributed by atoms with Gasteiger partial charge in [-0.05, 0) is 12.8 Å². The van der Waals surface area contributed by atoms with E-state index in [1.165, 1.54) is 4.31 Å². The first kappa shape index (κ1) is 14.2. The Morgan fingerprint density at radius 2 is 1.78 bits per heavy atom. The van der Waals surface area contributed by atoms with E-state index in [2.05, 4.69) is 10.0 Å². The zero-order valence-electron chi connectivity index (χ0n) is 10.7. The van der Waals surface area contributed by atoms with Crippen molar-refractivity contribution in [2.75, 3.05) is 32.8 Å². The van der Waals surface area contributed by atoms with E-state index in [-0.39, 0.29) is 6.61 Å². The van der Waals surface area contributed by atoms with Gasteiger partial charge in [-0.25, -0.2) is 0 Å². The Labute approximate surface area is 109 Å². The van der Waals surface area contributed by atoms with Gasteiger partial charge in [0.1, 0.15) is 0 Å².